The van der Waals surface area contributed by atoms with Gasteiger partial charge in [-0.15, -0.1) is 0 Å². The van der Waals surface area contributed by atoms with Gasteiger partial charge < -0.3 is 9.47 Å². The molecular formula is C26H33NO3. The Morgan fingerprint density at radius 2 is 1.60 bits per heavy atom. The quantitative estimate of drug-likeness (QED) is 0.595. The van der Waals surface area contributed by atoms with Crippen LogP contribution in [0.4, 0.5) is 0 Å². The predicted octanol–water partition coefficient (Wildman–Crippen LogP) is 5.33. The van der Waals surface area contributed by atoms with Crippen molar-refractivity contribution < 1.29 is 14.3 Å². The molecule has 4 heteroatoms. The molecule has 2 aromatic rings. The van der Waals surface area contributed by atoms with E-state index in [9.17, 15) is 4.79 Å². The van der Waals surface area contributed by atoms with E-state index in [1.807, 2.05) is 18.2 Å². The molecule has 1 aliphatic rings. The molecule has 0 aromatic heterocycles. The van der Waals surface area contributed by atoms with Gasteiger partial charge in [-0.2, -0.15) is 0 Å². The van der Waals surface area contributed by atoms with Gasteiger partial charge >= 0.3 is 0 Å². The van der Waals surface area contributed by atoms with E-state index < -0.39 is 0 Å². The van der Waals surface area contributed by atoms with Crippen molar-refractivity contribution in [1.29, 1.82) is 0 Å². The molecule has 3 rings (SSSR count). The molecule has 0 aliphatic carbocycles. The first kappa shape index (κ1) is 22.1. The summed E-state index contributed by atoms with van der Waals surface area (Å²) in [6.07, 6.45) is 3.80. The molecule has 0 saturated heterocycles. The Balaban J connectivity index is 2.02. The Bertz CT molecular complexity index is 936. The number of hydrogen-bond acceptors (Lipinski definition) is 4. The summed E-state index contributed by atoms with van der Waals surface area (Å²) in [4.78, 5) is 17.4. The second kappa shape index (κ2) is 9.46. The highest BCUT2D eigenvalue weighted by Gasteiger charge is 2.35. The lowest BCUT2D eigenvalue weighted by Gasteiger charge is -2.21. The van der Waals surface area contributed by atoms with Gasteiger partial charge in [-0.25, -0.2) is 0 Å². The standard InChI is InChI=1S/C26H33NO3/c1-7-17-12-20(13-18(8-2)21(17)9-3)22-15-23(27-26(22)16(4)28)19-10-11-24(29-5)25(14-19)30-6/h10-14,22,26H,7-9,15H2,1-6H3. The van der Waals surface area contributed by atoms with Crippen molar-refractivity contribution in [3.05, 3.63) is 58.1 Å². The van der Waals surface area contributed by atoms with E-state index in [1.54, 1.807) is 21.1 Å². The molecule has 30 heavy (non-hydrogen) atoms. The van der Waals surface area contributed by atoms with Crippen molar-refractivity contribution in [1.82, 2.24) is 0 Å². The lowest BCUT2D eigenvalue weighted by atomic mass is 9.83. The summed E-state index contributed by atoms with van der Waals surface area (Å²) in [7, 11) is 3.26. The van der Waals surface area contributed by atoms with E-state index in [4.69, 9.17) is 14.5 Å². The summed E-state index contributed by atoms with van der Waals surface area (Å²) >= 11 is 0. The third-order valence-electron chi connectivity index (χ3n) is 6.22. The maximum atomic E-state index is 12.5. The van der Waals surface area contributed by atoms with Crippen LogP contribution in [0.25, 0.3) is 0 Å². The number of aliphatic imine (C=N–C) groups is 1. The molecule has 2 aromatic carbocycles. The van der Waals surface area contributed by atoms with Crippen LogP contribution in [0, 0.1) is 0 Å². The minimum Gasteiger partial charge on any atom is -0.493 e. The molecular weight excluding hydrogens is 374 g/mol. The third kappa shape index (κ3) is 4.14. The molecule has 0 saturated carbocycles. The molecule has 0 radical (unpaired) electrons. The Morgan fingerprint density at radius 1 is 0.967 bits per heavy atom. The fraction of sp³-hybridized carbons (Fsp3) is 0.462. The van der Waals surface area contributed by atoms with Crippen molar-refractivity contribution in [2.75, 3.05) is 14.2 Å². The topological polar surface area (TPSA) is 47.9 Å². The van der Waals surface area contributed by atoms with Crippen molar-refractivity contribution in [2.24, 2.45) is 4.99 Å². The van der Waals surface area contributed by atoms with Crippen LogP contribution >= 0.6 is 0 Å². The Morgan fingerprint density at radius 3 is 2.10 bits per heavy atom. The number of benzene rings is 2. The van der Waals surface area contributed by atoms with Crippen LogP contribution in [0.15, 0.2) is 35.3 Å². The van der Waals surface area contributed by atoms with Crippen LogP contribution in [-0.4, -0.2) is 31.8 Å². The molecule has 0 bridgehead atoms. The molecule has 2 unspecified atom stereocenters. The van der Waals surface area contributed by atoms with E-state index in [1.165, 1.54) is 22.3 Å². The molecule has 160 valence electrons. The van der Waals surface area contributed by atoms with Crippen LogP contribution in [-0.2, 0) is 24.1 Å². The summed E-state index contributed by atoms with van der Waals surface area (Å²) in [6, 6.07) is 10.1. The van der Waals surface area contributed by atoms with Crippen LogP contribution in [0.1, 0.15) is 67.9 Å². The number of ketones is 1. The first-order chi connectivity index (χ1) is 14.5. The summed E-state index contributed by atoms with van der Waals surface area (Å²) < 4.78 is 10.8. The van der Waals surface area contributed by atoms with Gasteiger partial charge in [0.1, 0.15) is 6.04 Å². The zero-order valence-corrected chi connectivity index (χ0v) is 19.0. The minimum absolute atomic E-state index is 0.0760. The van der Waals surface area contributed by atoms with E-state index in [0.29, 0.717) is 11.5 Å². The number of hydrogen-bond donors (Lipinski definition) is 0. The third-order valence-corrected chi connectivity index (χ3v) is 6.22. The van der Waals surface area contributed by atoms with Crippen molar-refractivity contribution in [3.63, 3.8) is 0 Å². The summed E-state index contributed by atoms with van der Waals surface area (Å²) in [5.41, 5.74) is 7.43. The maximum absolute atomic E-state index is 12.5. The highest BCUT2D eigenvalue weighted by molar-refractivity contribution is 6.05. The fourth-order valence-corrected chi connectivity index (χ4v) is 4.64. The zero-order chi connectivity index (χ0) is 21.8. The first-order valence-corrected chi connectivity index (χ1v) is 10.9. The Labute approximate surface area is 180 Å². The fourth-order valence-electron chi connectivity index (χ4n) is 4.64. The average molecular weight is 408 g/mol. The van der Waals surface area contributed by atoms with Gasteiger partial charge in [-0.3, -0.25) is 9.79 Å². The molecule has 0 spiro atoms. The van der Waals surface area contributed by atoms with Gasteiger partial charge in [-0.05, 0) is 78.6 Å². The van der Waals surface area contributed by atoms with Crippen molar-refractivity contribution >= 4 is 11.5 Å². The summed E-state index contributed by atoms with van der Waals surface area (Å²) in [5.74, 6) is 1.56. The number of nitrogens with zero attached hydrogens (tertiary/aromatic N) is 1. The van der Waals surface area contributed by atoms with Gasteiger partial charge in [0.05, 0.1) is 14.2 Å². The summed E-state index contributed by atoms with van der Waals surface area (Å²) in [6.45, 7) is 8.29. The van der Waals surface area contributed by atoms with Crippen molar-refractivity contribution in [3.8, 4) is 11.5 Å². The summed E-state index contributed by atoms with van der Waals surface area (Å²) in [5, 5.41) is 0. The zero-order valence-electron chi connectivity index (χ0n) is 19.0. The highest BCUT2D eigenvalue weighted by Crippen LogP contribution is 2.38. The lowest BCUT2D eigenvalue weighted by molar-refractivity contribution is -0.118. The van der Waals surface area contributed by atoms with E-state index in [0.717, 1.165) is 37.0 Å². The highest BCUT2D eigenvalue weighted by atomic mass is 16.5. The molecule has 2 atom stereocenters. The number of carbonyl (C=O) groups is 1. The van der Waals surface area contributed by atoms with Crippen molar-refractivity contribution in [2.45, 2.75) is 65.3 Å². The number of ether oxygens (including phenoxy) is 2. The minimum atomic E-state index is -0.338. The van der Waals surface area contributed by atoms with E-state index in [2.05, 4.69) is 32.9 Å². The van der Waals surface area contributed by atoms with E-state index in [-0.39, 0.29) is 17.7 Å². The average Bonchev–Trinajstić information content (AvgIpc) is 3.23. The van der Waals surface area contributed by atoms with E-state index >= 15 is 0 Å². The van der Waals surface area contributed by atoms with Gasteiger partial charge in [0.2, 0.25) is 0 Å². The number of aryl methyl sites for hydroxylation is 2. The van der Waals surface area contributed by atoms with Crippen LogP contribution in [0.5, 0.6) is 11.5 Å². The van der Waals surface area contributed by atoms with Crippen LogP contribution < -0.4 is 9.47 Å². The molecule has 0 N–H and O–H groups in total. The predicted molar refractivity (Wildman–Crippen MR) is 122 cm³/mol. The lowest BCUT2D eigenvalue weighted by Crippen LogP contribution is -2.21. The smallest absolute Gasteiger partial charge is 0.161 e. The SMILES string of the molecule is CCc1cc(C2CC(c3ccc(OC)c(OC)c3)=NC2C(C)=O)cc(CC)c1CC. The van der Waals surface area contributed by atoms with Gasteiger partial charge in [0.25, 0.3) is 0 Å². The second-order valence-electron chi connectivity index (χ2n) is 7.89. The molecule has 1 heterocycles. The Hall–Kier alpha value is -2.62. The largest absolute Gasteiger partial charge is 0.493 e. The molecule has 4 nitrogen and oxygen atoms in total. The van der Waals surface area contributed by atoms with Crippen LogP contribution in [0.3, 0.4) is 0 Å². The number of methoxy groups -OCH3 is 2. The molecule has 0 fully saturated rings. The maximum Gasteiger partial charge on any atom is 0.161 e. The first-order valence-electron chi connectivity index (χ1n) is 10.9. The second-order valence-corrected chi connectivity index (χ2v) is 7.89. The normalized spacial score (nSPS) is 18.3. The Kier molecular flexibility index (Phi) is 6.96. The number of carbonyl (C=O) groups excluding carboxylic acids is 1. The molecule has 1 aliphatic heterocycles. The number of Topliss-reactive ketones (excluding diaryl/α,β-unsaturated/α-hetero) is 1. The van der Waals surface area contributed by atoms with Crippen LogP contribution in [0.2, 0.25) is 0 Å². The number of rotatable bonds is 8. The monoisotopic (exact) mass is 407 g/mol. The van der Waals surface area contributed by atoms with Gasteiger partial charge in [-0.1, -0.05) is 32.9 Å². The van der Waals surface area contributed by atoms with Gasteiger partial charge in [0, 0.05) is 11.6 Å². The van der Waals surface area contributed by atoms with Gasteiger partial charge in [0.15, 0.2) is 17.3 Å². The molecule has 0 amide bonds.